The van der Waals surface area contributed by atoms with Crippen LogP contribution in [0.15, 0.2) is 36.5 Å². The number of pyridine rings is 1. The molecule has 0 aliphatic carbocycles. The zero-order valence-electron chi connectivity index (χ0n) is 12.3. The summed E-state index contributed by atoms with van der Waals surface area (Å²) in [5, 5.41) is 7.57. The van der Waals surface area contributed by atoms with E-state index in [0.29, 0.717) is 0 Å². The first-order valence-electron chi connectivity index (χ1n) is 6.83. The van der Waals surface area contributed by atoms with Crippen molar-refractivity contribution in [2.24, 2.45) is 0 Å². The summed E-state index contributed by atoms with van der Waals surface area (Å²) < 4.78 is 0. The molecule has 0 unspecified atom stereocenters. The highest BCUT2D eigenvalue weighted by Gasteiger charge is 2.10. The molecule has 0 fully saturated rings. The summed E-state index contributed by atoms with van der Waals surface area (Å²) in [6, 6.07) is 10.0. The molecule has 0 spiro atoms. The lowest BCUT2D eigenvalue weighted by molar-refractivity contribution is 1.04. The van der Waals surface area contributed by atoms with Gasteiger partial charge in [0.05, 0.1) is 11.2 Å². The fourth-order valence-electron chi connectivity index (χ4n) is 2.33. The highest BCUT2D eigenvalue weighted by molar-refractivity contribution is 5.92. The van der Waals surface area contributed by atoms with Crippen LogP contribution < -0.4 is 10.6 Å². The third kappa shape index (κ3) is 2.50. The molecule has 5 nitrogen and oxygen atoms in total. The highest BCUT2D eigenvalue weighted by atomic mass is 15.1. The van der Waals surface area contributed by atoms with E-state index < -0.39 is 0 Å². The molecule has 0 bridgehead atoms. The summed E-state index contributed by atoms with van der Waals surface area (Å²) in [5.74, 6) is 2.35. The van der Waals surface area contributed by atoms with E-state index in [1.165, 1.54) is 0 Å². The molecule has 2 heterocycles. The van der Waals surface area contributed by atoms with E-state index in [1.54, 1.807) is 6.20 Å². The molecule has 1 aromatic carbocycles. The number of nitrogens with one attached hydrogen (secondary N) is 2. The van der Waals surface area contributed by atoms with E-state index in [4.69, 9.17) is 0 Å². The smallest absolute Gasteiger partial charge is 0.139 e. The van der Waals surface area contributed by atoms with E-state index in [9.17, 15) is 0 Å². The number of aryl methyl sites for hydroxylation is 1. The number of hydrogen-bond acceptors (Lipinski definition) is 5. The van der Waals surface area contributed by atoms with Gasteiger partial charge in [-0.05, 0) is 26.0 Å². The van der Waals surface area contributed by atoms with Gasteiger partial charge in [0.2, 0.25) is 0 Å². The Morgan fingerprint density at radius 1 is 0.952 bits per heavy atom. The van der Waals surface area contributed by atoms with Crippen molar-refractivity contribution < 1.29 is 0 Å². The van der Waals surface area contributed by atoms with E-state index in [2.05, 4.69) is 25.6 Å². The van der Waals surface area contributed by atoms with Crippen LogP contribution in [0.2, 0.25) is 0 Å². The fraction of sp³-hybridized carbons (Fsp3) is 0.188. The maximum Gasteiger partial charge on any atom is 0.139 e. The third-order valence-electron chi connectivity index (χ3n) is 3.38. The third-order valence-corrected chi connectivity index (χ3v) is 3.38. The van der Waals surface area contributed by atoms with Crippen LogP contribution in [-0.4, -0.2) is 22.0 Å². The lowest BCUT2D eigenvalue weighted by Gasteiger charge is -2.13. The van der Waals surface area contributed by atoms with Gasteiger partial charge < -0.3 is 10.6 Å². The van der Waals surface area contributed by atoms with E-state index >= 15 is 0 Å². The molecule has 21 heavy (non-hydrogen) atoms. The number of hydrogen-bond donors (Lipinski definition) is 2. The highest BCUT2D eigenvalue weighted by Crippen LogP contribution is 2.27. The molecule has 0 amide bonds. The molecule has 3 rings (SSSR count). The van der Waals surface area contributed by atoms with Gasteiger partial charge in [-0.1, -0.05) is 18.2 Å². The van der Waals surface area contributed by atoms with Gasteiger partial charge in [-0.3, -0.25) is 4.98 Å². The minimum Gasteiger partial charge on any atom is -0.373 e. The van der Waals surface area contributed by atoms with Crippen molar-refractivity contribution in [1.82, 2.24) is 15.0 Å². The molecule has 0 aliphatic rings. The average Bonchev–Trinajstić information content (AvgIpc) is 2.51. The van der Waals surface area contributed by atoms with Crippen molar-refractivity contribution >= 4 is 28.2 Å². The molecular weight excluding hydrogens is 262 g/mol. The summed E-state index contributed by atoms with van der Waals surface area (Å²) in [5.41, 5.74) is 2.86. The van der Waals surface area contributed by atoms with Crippen LogP contribution in [0.1, 0.15) is 11.4 Å². The molecule has 2 N–H and O–H groups in total. The van der Waals surface area contributed by atoms with Gasteiger partial charge >= 0.3 is 0 Å². The van der Waals surface area contributed by atoms with Crippen molar-refractivity contribution in [3.05, 3.63) is 47.9 Å². The van der Waals surface area contributed by atoms with E-state index in [-0.39, 0.29) is 0 Å². The molecule has 0 radical (unpaired) electrons. The standard InChI is InChI=1S/C16H17N5/c1-10-15(17-3)19-11(2)20-16(10)21-13-8-4-6-12-7-5-9-18-14(12)13/h4-9H,1-3H3,(H2,17,19,20,21). The molecule has 5 heteroatoms. The van der Waals surface area contributed by atoms with Crippen LogP contribution >= 0.6 is 0 Å². The second-order valence-corrected chi connectivity index (χ2v) is 4.85. The minimum absolute atomic E-state index is 0.723. The van der Waals surface area contributed by atoms with Gasteiger partial charge in [-0.25, -0.2) is 9.97 Å². The summed E-state index contributed by atoms with van der Waals surface area (Å²) in [6.07, 6.45) is 1.80. The zero-order chi connectivity index (χ0) is 14.8. The Bertz CT molecular complexity index is 793. The first-order valence-corrected chi connectivity index (χ1v) is 6.83. The Kier molecular flexibility index (Phi) is 3.39. The lowest BCUT2D eigenvalue weighted by atomic mass is 10.2. The first-order chi connectivity index (χ1) is 10.2. The summed E-state index contributed by atoms with van der Waals surface area (Å²) in [4.78, 5) is 13.3. The second kappa shape index (κ2) is 5.36. The number of fused-ring (bicyclic) bond motifs is 1. The lowest BCUT2D eigenvalue weighted by Crippen LogP contribution is -2.05. The predicted molar refractivity (Wildman–Crippen MR) is 86.1 cm³/mol. The number of nitrogens with zero attached hydrogens (tertiary/aromatic N) is 3. The van der Waals surface area contributed by atoms with Gasteiger partial charge in [-0.15, -0.1) is 0 Å². The van der Waals surface area contributed by atoms with Crippen molar-refractivity contribution in [3.63, 3.8) is 0 Å². The molecule has 3 aromatic rings. The van der Waals surface area contributed by atoms with Crippen LogP contribution in [0.25, 0.3) is 10.9 Å². The summed E-state index contributed by atoms with van der Waals surface area (Å²) in [7, 11) is 1.86. The number of rotatable bonds is 3. The number of aromatic nitrogens is 3. The van der Waals surface area contributed by atoms with Gasteiger partial charge in [0, 0.05) is 24.2 Å². The van der Waals surface area contributed by atoms with Gasteiger partial charge in [0.1, 0.15) is 17.5 Å². The molecule has 0 saturated heterocycles. The maximum atomic E-state index is 4.49. The Morgan fingerprint density at radius 2 is 1.71 bits per heavy atom. The normalized spacial score (nSPS) is 10.6. The Balaban J connectivity index is 2.09. The predicted octanol–water partition coefficient (Wildman–Crippen LogP) is 3.43. The molecular formula is C16H17N5. The van der Waals surface area contributed by atoms with E-state index in [0.717, 1.165) is 39.6 Å². The molecule has 0 atom stereocenters. The monoisotopic (exact) mass is 279 g/mol. The van der Waals surface area contributed by atoms with Crippen molar-refractivity contribution in [2.75, 3.05) is 17.7 Å². The van der Waals surface area contributed by atoms with Crippen molar-refractivity contribution in [3.8, 4) is 0 Å². The zero-order valence-corrected chi connectivity index (χ0v) is 12.3. The molecule has 0 saturated carbocycles. The molecule has 2 aromatic heterocycles. The quantitative estimate of drug-likeness (QED) is 0.769. The second-order valence-electron chi connectivity index (χ2n) is 4.85. The van der Waals surface area contributed by atoms with Gasteiger partial charge in [0.25, 0.3) is 0 Å². The van der Waals surface area contributed by atoms with Gasteiger partial charge in [0.15, 0.2) is 0 Å². The van der Waals surface area contributed by atoms with Crippen molar-refractivity contribution in [1.29, 1.82) is 0 Å². The van der Waals surface area contributed by atoms with Crippen LogP contribution in [0.5, 0.6) is 0 Å². The summed E-state index contributed by atoms with van der Waals surface area (Å²) >= 11 is 0. The van der Waals surface area contributed by atoms with Crippen LogP contribution in [0.3, 0.4) is 0 Å². The summed E-state index contributed by atoms with van der Waals surface area (Å²) in [6.45, 7) is 3.87. The van der Waals surface area contributed by atoms with Crippen LogP contribution in [0, 0.1) is 13.8 Å². The SMILES string of the molecule is CNc1nc(C)nc(Nc2cccc3cccnc23)c1C. The number of anilines is 3. The number of benzene rings is 1. The molecule has 0 aliphatic heterocycles. The molecule has 106 valence electrons. The number of para-hydroxylation sites is 1. The fourth-order valence-corrected chi connectivity index (χ4v) is 2.33. The Morgan fingerprint density at radius 3 is 2.52 bits per heavy atom. The topological polar surface area (TPSA) is 62.7 Å². The van der Waals surface area contributed by atoms with Crippen LogP contribution in [0.4, 0.5) is 17.3 Å². The maximum absolute atomic E-state index is 4.49. The minimum atomic E-state index is 0.723. The van der Waals surface area contributed by atoms with Crippen molar-refractivity contribution in [2.45, 2.75) is 13.8 Å². The Labute approximate surface area is 123 Å². The largest absolute Gasteiger partial charge is 0.373 e. The van der Waals surface area contributed by atoms with Gasteiger partial charge in [-0.2, -0.15) is 0 Å². The van der Waals surface area contributed by atoms with Crippen LogP contribution in [-0.2, 0) is 0 Å². The van der Waals surface area contributed by atoms with E-state index in [1.807, 2.05) is 51.2 Å². The average molecular weight is 279 g/mol. The Hall–Kier alpha value is -2.69. The first kappa shape index (κ1) is 13.3.